The van der Waals surface area contributed by atoms with Crippen LogP contribution in [-0.2, 0) is 19.1 Å². The number of anilines is 1. The maximum absolute atomic E-state index is 14.1. The Morgan fingerprint density at radius 1 is 1.05 bits per heavy atom. The highest BCUT2D eigenvalue weighted by Crippen LogP contribution is 2.27. The van der Waals surface area contributed by atoms with Crippen molar-refractivity contribution in [1.82, 2.24) is 10.2 Å². The molecule has 2 aromatic rings. The van der Waals surface area contributed by atoms with Crippen LogP contribution < -0.4 is 21.1 Å². The minimum absolute atomic E-state index is 0.0706. The summed E-state index contributed by atoms with van der Waals surface area (Å²) in [7, 11) is 1.54. The fourth-order valence-corrected chi connectivity index (χ4v) is 4.01. The average molecular weight is 565 g/mol. The van der Waals surface area contributed by atoms with Gasteiger partial charge in [0.1, 0.15) is 23.4 Å². The topological polar surface area (TPSA) is 140 Å². The van der Waals surface area contributed by atoms with Crippen molar-refractivity contribution < 1.29 is 28.7 Å². The lowest BCUT2D eigenvalue weighted by atomic mass is 9.99. The van der Waals surface area contributed by atoms with Gasteiger partial charge in [-0.1, -0.05) is 31.4 Å². The third-order valence-electron chi connectivity index (χ3n) is 6.01. The average Bonchev–Trinajstić information content (AvgIpc) is 2.92. The predicted octanol–water partition coefficient (Wildman–Crippen LogP) is 4.14. The van der Waals surface area contributed by atoms with E-state index < -0.39 is 41.5 Å². The molecule has 0 aromatic heterocycles. The van der Waals surface area contributed by atoms with Crippen LogP contribution in [0.2, 0.25) is 0 Å². The minimum atomic E-state index is -1.17. The van der Waals surface area contributed by atoms with Crippen LogP contribution in [0.4, 0.5) is 10.5 Å². The van der Waals surface area contributed by atoms with Gasteiger partial charge in [-0.3, -0.25) is 14.4 Å². The highest BCUT2D eigenvalue weighted by atomic mass is 16.6. The van der Waals surface area contributed by atoms with Crippen molar-refractivity contribution in [3.8, 4) is 18.1 Å². The first-order valence-corrected chi connectivity index (χ1v) is 13.5. The number of nitrogens with one attached hydrogen (secondary N) is 2. The summed E-state index contributed by atoms with van der Waals surface area (Å²) in [6.45, 7) is 7.25. The molecule has 0 saturated carbocycles. The Kier molecular flexibility index (Phi) is 12.2. The second-order valence-electron chi connectivity index (χ2n) is 10.5. The zero-order valence-electron chi connectivity index (χ0n) is 24.4. The van der Waals surface area contributed by atoms with Crippen LogP contribution in [0.3, 0.4) is 0 Å². The number of hydrogen-bond acceptors (Lipinski definition) is 6. The zero-order chi connectivity index (χ0) is 30.6. The number of alkyl carbamates (subject to hydrolysis) is 1. The zero-order valence-corrected chi connectivity index (χ0v) is 24.4. The molecule has 0 aliphatic heterocycles. The maximum Gasteiger partial charge on any atom is 0.408 e. The summed E-state index contributed by atoms with van der Waals surface area (Å²) in [5.74, 6) is 1.51. The summed E-state index contributed by atoms with van der Waals surface area (Å²) >= 11 is 0. The molecular weight excluding hydrogens is 524 g/mol. The number of nitrogens with zero attached hydrogens (tertiary/aromatic N) is 1. The summed E-state index contributed by atoms with van der Waals surface area (Å²) in [6.07, 6.45) is 5.79. The summed E-state index contributed by atoms with van der Waals surface area (Å²) in [5, 5.41) is 5.46. The van der Waals surface area contributed by atoms with Gasteiger partial charge in [-0.05, 0) is 75.6 Å². The van der Waals surface area contributed by atoms with Crippen LogP contribution in [0, 0.1) is 12.3 Å². The summed E-state index contributed by atoms with van der Waals surface area (Å²) in [5.41, 5.74) is 6.18. The Labute approximate surface area is 241 Å². The fourth-order valence-electron chi connectivity index (χ4n) is 4.01. The number of primary amides is 1. The van der Waals surface area contributed by atoms with Crippen LogP contribution in [0.25, 0.3) is 0 Å². The number of hydrogen-bond donors (Lipinski definition) is 3. The number of unbranched alkanes of at least 4 members (excludes halogenated alkanes) is 1. The molecule has 10 nitrogen and oxygen atoms in total. The van der Waals surface area contributed by atoms with Crippen LogP contribution in [-0.4, -0.2) is 54.0 Å². The first-order valence-electron chi connectivity index (χ1n) is 13.5. The van der Waals surface area contributed by atoms with E-state index in [1.54, 1.807) is 76.4 Å². The molecule has 0 spiro atoms. The van der Waals surface area contributed by atoms with E-state index in [4.69, 9.17) is 21.6 Å². The van der Waals surface area contributed by atoms with Crippen LogP contribution in [0.5, 0.6) is 5.75 Å². The van der Waals surface area contributed by atoms with Gasteiger partial charge >= 0.3 is 6.09 Å². The Balaban J connectivity index is 2.53. The molecule has 2 rings (SSSR count). The van der Waals surface area contributed by atoms with E-state index in [0.717, 1.165) is 6.42 Å². The molecule has 2 atom stereocenters. The van der Waals surface area contributed by atoms with E-state index in [-0.39, 0.29) is 19.4 Å². The quantitative estimate of drug-likeness (QED) is 0.312. The number of rotatable bonds is 13. The smallest absolute Gasteiger partial charge is 0.408 e. The van der Waals surface area contributed by atoms with E-state index in [1.165, 1.54) is 4.90 Å². The fraction of sp³-hybridized carbons (Fsp3) is 0.419. The normalized spacial score (nSPS) is 12.3. The molecule has 220 valence electrons. The highest BCUT2D eigenvalue weighted by Gasteiger charge is 2.36. The number of carbonyl (C=O) groups is 4. The Morgan fingerprint density at radius 3 is 2.20 bits per heavy atom. The number of amides is 4. The molecule has 0 aliphatic carbocycles. The van der Waals surface area contributed by atoms with Crippen molar-refractivity contribution in [2.75, 3.05) is 19.0 Å². The third-order valence-corrected chi connectivity index (χ3v) is 6.01. The number of methoxy groups -OCH3 is 1. The Hall–Kier alpha value is -4.52. The van der Waals surface area contributed by atoms with Crippen molar-refractivity contribution in [1.29, 1.82) is 0 Å². The molecule has 0 saturated heterocycles. The van der Waals surface area contributed by atoms with Crippen LogP contribution in [0.15, 0.2) is 48.5 Å². The first kappa shape index (κ1) is 32.7. The Bertz CT molecular complexity index is 1230. The second kappa shape index (κ2) is 15.3. The number of ether oxygens (including phenoxy) is 2. The van der Waals surface area contributed by atoms with Gasteiger partial charge in [-0.25, -0.2) is 4.79 Å². The van der Waals surface area contributed by atoms with E-state index in [0.29, 0.717) is 29.0 Å². The predicted molar refractivity (Wildman–Crippen MR) is 157 cm³/mol. The van der Waals surface area contributed by atoms with Gasteiger partial charge in [0.05, 0.1) is 7.11 Å². The molecule has 0 heterocycles. The molecule has 0 aliphatic rings. The van der Waals surface area contributed by atoms with Gasteiger partial charge in [0, 0.05) is 24.2 Å². The number of terminal acetylenes is 1. The molecule has 2 aromatic carbocycles. The van der Waals surface area contributed by atoms with Gasteiger partial charge < -0.3 is 30.7 Å². The van der Waals surface area contributed by atoms with Crippen LogP contribution >= 0.6 is 0 Å². The summed E-state index contributed by atoms with van der Waals surface area (Å²) in [6, 6.07) is 11.3. The van der Waals surface area contributed by atoms with Crippen molar-refractivity contribution in [2.24, 2.45) is 5.73 Å². The minimum Gasteiger partial charge on any atom is -0.497 e. The van der Waals surface area contributed by atoms with Gasteiger partial charge in [-0.15, -0.1) is 6.42 Å². The van der Waals surface area contributed by atoms with Crippen molar-refractivity contribution >= 4 is 29.5 Å². The Morgan fingerprint density at radius 2 is 1.68 bits per heavy atom. The molecule has 4 N–H and O–H groups in total. The van der Waals surface area contributed by atoms with Crippen LogP contribution in [0.1, 0.15) is 70.5 Å². The number of nitrogens with two attached hydrogens (primary N) is 1. The van der Waals surface area contributed by atoms with Gasteiger partial charge in [-0.2, -0.15) is 0 Å². The van der Waals surface area contributed by atoms with Gasteiger partial charge in [0.25, 0.3) is 5.91 Å². The van der Waals surface area contributed by atoms with Crippen molar-refractivity contribution in [2.45, 2.75) is 71.1 Å². The molecule has 4 amide bonds. The van der Waals surface area contributed by atoms with Gasteiger partial charge in [0.15, 0.2) is 0 Å². The lowest BCUT2D eigenvalue weighted by Crippen LogP contribution is -2.52. The third kappa shape index (κ3) is 10.5. The van der Waals surface area contributed by atoms with Crippen molar-refractivity contribution in [3.63, 3.8) is 0 Å². The van der Waals surface area contributed by atoms with E-state index in [2.05, 4.69) is 16.6 Å². The largest absolute Gasteiger partial charge is 0.497 e. The van der Waals surface area contributed by atoms with Crippen molar-refractivity contribution in [3.05, 3.63) is 59.7 Å². The molecule has 41 heavy (non-hydrogen) atoms. The van der Waals surface area contributed by atoms with E-state index in [1.807, 2.05) is 6.92 Å². The SMILES string of the molecule is C#Cc1ccc(C(C(=O)Nc2ccc(OC)cc2)N(CCCC)C(=O)C(CCC(N)=O)NC(=O)OC(C)(C)C)cc1. The monoisotopic (exact) mass is 564 g/mol. The number of benzene rings is 2. The standard InChI is InChI=1S/C31H40N4O6/c1-7-9-20-35(29(38)25(18-19-26(32)36)34-30(39)41-31(3,4)5)27(22-12-10-21(8-2)11-13-22)28(37)33-23-14-16-24(40-6)17-15-23/h2,10-17,25,27H,7,9,18-20H2,1,3-6H3,(H2,32,36)(H,33,37)(H,34,39). The van der Waals surface area contributed by atoms with Gasteiger partial charge in [0.2, 0.25) is 11.8 Å². The first-order chi connectivity index (χ1) is 19.4. The molecule has 0 fully saturated rings. The molecule has 2 unspecified atom stereocenters. The van der Waals surface area contributed by atoms with E-state index >= 15 is 0 Å². The number of carbonyl (C=O) groups excluding carboxylic acids is 4. The van der Waals surface area contributed by atoms with E-state index in [9.17, 15) is 19.2 Å². The lowest BCUT2D eigenvalue weighted by molar-refractivity contribution is -0.141. The highest BCUT2D eigenvalue weighted by molar-refractivity contribution is 5.99. The molecule has 0 bridgehead atoms. The maximum atomic E-state index is 14.1. The lowest BCUT2D eigenvalue weighted by Gasteiger charge is -2.34. The summed E-state index contributed by atoms with van der Waals surface area (Å²) < 4.78 is 10.6. The molecule has 10 heteroatoms. The molecule has 0 radical (unpaired) electrons. The molecular formula is C31H40N4O6. The second-order valence-corrected chi connectivity index (χ2v) is 10.5. The summed E-state index contributed by atoms with van der Waals surface area (Å²) in [4.78, 5) is 53.7.